The second-order valence-corrected chi connectivity index (χ2v) is 4.24. The molecule has 0 fully saturated rings. The van der Waals surface area contributed by atoms with E-state index in [-0.39, 0.29) is 0 Å². The van der Waals surface area contributed by atoms with E-state index in [1.54, 1.807) is 6.26 Å². The first-order valence-electron chi connectivity index (χ1n) is 4.19. The predicted octanol–water partition coefficient (Wildman–Crippen LogP) is 1.79. The molecule has 0 aromatic rings. The first-order chi connectivity index (χ1) is 5.13. The fraction of sp³-hybridized carbons (Fsp3) is 1.00. The Morgan fingerprint density at radius 1 is 1.45 bits per heavy atom. The molecule has 0 rings (SSSR count). The van der Waals surface area contributed by atoms with Gasteiger partial charge in [-0.3, -0.25) is 0 Å². The van der Waals surface area contributed by atoms with Crippen LogP contribution in [0.25, 0.3) is 0 Å². The number of rotatable bonds is 5. The van der Waals surface area contributed by atoms with Crippen molar-refractivity contribution in [1.29, 1.82) is 0 Å². The zero-order valence-corrected chi connectivity index (χ0v) is 8.78. The molecule has 68 valence electrons. The Morgan fingerprint density at radius 2 is 2.00 bits per heavy atom. The Hall–Kier alpha value is 0.110. The molecule has 2 atom stereocenters. The summed E-state index contributed by atoms with van der Waals surface area (Å²) in [6, 6.07) is 0.492. The highest BCUT2D eigenvalue weighted by Gasteiger charge is 2.13. The molecule has 3 heteroatoms. The molecular weight excluding hydrogens is 158 g/mol. The summed E-state index contributed by atoms with van der Waals surface area (Å²) < 4.78 is 13.0. The van der Waals surface area contributed by atoms with E-state index in [0.29, 0.717) is 6.04 Å². The van der Waals surface area contributed by atoms with Gasteiger partial charge in [-0.2, -0.15) is 0 Å². The van der Waals surface area contributed by atoms with Crippen molar-refractivity contribution in [3.8, 4) is 0 Å². The van der Waals surface area contributed by atoms with Crippen LogP contribution in [0.15, 0.2) is 0 Å². The molecule has 0 spiro atoms. The fourth-order valence-corrected chi connectivity index (χ4v) is 1.86. The lowest BCUT2D eigenvalue weighted by molar-refractivity contribution is 0.357. The minimum atomic E-state index is -0.808. The van der Waals surface area contributed by atoms with Crippen molar-refractivity contribution >= 4 is 11.0 Å². The Labute approximate surface area is 72.6 Å². The Kier molecular flexibility index (Phi) is 5.78. The largest absolute Gasteiger partial charge is 0.243 e. The summed E-state index contributed by atoms with van der Waals surface area (Å²) in [4.78, 5) is 0. The van der Waals surface area contributed by atoms with Gasteiger partial charge in [0.15, 0.2) is 0 Å². The molecule has 0 bridgehead atoms. The van der Waals surface area contributed by atoms with Crippen LogP contribution in [-0.2, 0) is 11.0 Å². The van der Waals surface area contributed by atoms with E-state index in [2.05, 4.69) is 13.8 Å². The Balaban J connectivity index is 3.91. The highest BCUT2D eigenvalue weighted by Crippen LogP contribution is 2.09. The van der Waals surface area contributed by atoms with Crippen molar-refractivity contribution in [2.75, 3.05) is 13.3 Å². The lowest BCUT2D eigenvalue weighted by atomic mass is 10.1. The summed E-state index contributed by atoms with van der Waals surface area (Å²) in [5, 5.41) is 0. The molecule has 0 N–H and O–H groups in total. The van der Waals surface area contributed by atoms with Crippen molar-refractivity contribution < 1.29 is 4.21 Å². The van der Waals surface area contributed by atoms with Crippen molar-refractivity contribution in [3.05, 3.63) is 0 Å². The maximum atomic E-state index is 11.1. The monoisotopic (exact) mass is 177 g/mol. The molecule has 2 unspecified atom stereocenters. The first kappa shape index (κ1) is 11.1. The Bertz CT molecular complexity index is 127. The average Bonchev–Trinajstić information content (AvgIpc) is 1.98. The van der Waals surface area contributed by atoms with E-state index in [4.69, 9.17) is 0 Å². The summed E-state index contributed by atoms with van der Waals surface area (Å²) in [5.74, 6) is 0. The van der Waals surface area contributed by atoms with Crippen LogP contribution in [0.4, 0.5) is 0 Å². The molecule has 0 aromatic carbocycles. The van der Waals surface area contributed by atoms with E-state index in [1.165, 1.54) is 6.42 Å². The summed E-state index contributed by atoms with van der Waals surface area (Å²) in [6.07, 6.45) is 5.13. The average molecular weight is 177 g/mol. The van der Waals surface area contributed by atoms with E-state index in [9.17, 15) is 4.21 Å². The molecule has 0 saturated carbocycles. The van der Waals surface area contributed by atoms with Crippen LogP contribution in [0.1, 0.15) is 33.1 Å². The lowest BCUT2D eigenvalue weighted by Crippen LogP contribution is -2.32. The zero-order valence-electron chi connectivity index (χ0n) is 7.96. The van der Waals surface area contributed by atoms with Crippen LogP contribution in [-0.4, -0.2) is 27.9 Å². The maximum absolute atomic E-state index is 11.1. The van der Waals surface area contributed by atoms with Gasteiger partial charge in [-0.25, -0.2) is 8.51 Å². The van der Waals surface area contributed by atoms with Crippen molar-refractivity contribution in [3.63, 3.8) is 0 Å². The molecule has 11 heavy (non-hydrogen) atoms. The minimum Gasteiger partial charge on any atom is -0.243 e. The standard InChI is InChI=1S/C8H19NOS/c1-5-7-8(6-2)9(3)11(4)10/h8H,5-7H2,1-4H3. The molecule has 0 heterocycles. The second-order valence-electron chi connectivity index (χ2n) is 2.82. The van der Waals surface area contributed by atoms with E-state index in [1.807, 2.05) is 11.4 Å². The van der Waals surface area contributed by atoms with Crippen LogP contribution >= 0.6 is 0 Å². The molecular formula is C8H19NOS. The highest BCUT2D eigenvalue weighted by atomic mass is 32.2. The third-order valence-electron chi connectivity index (χ3n) is 2.01. The van der Waals surface area contributed by atoms with Gasteiger partial charge in [-0.1, -0.05) is 20.3 Å². The van der Waals surface area contributed by atoms with Crippen LogP contribution in [0, 0.1) is 0 Å². The number of nitrogens with zero attached hydrogens (tertiary/aromatic N) is 1. The molecule has 2 nitrogen and oxygen atoms in total. The minimum absolute atomic E-state index is 0.492. The van der Waals surface area contributed by atoms with Crippen LogP contribution in [0.3, 0.4) is 0 Å². The molecule has 0 aliphatic carbocycles. The van der Waals surface area contributed by atoms with Gasteiger partial charge in [0.05, 0.1) is 11.0 Å². The van der Waals surface area contributed by atoms with E-state index in [0.717, 1.165) is 12.8 Å². The Morgan fingerprint density at radius 3 is 2.27 bits per heavy atom. The molecule has 0 saturated heterocycles. The van der Waals surface area contributed by atoms with E-state index >= 15 is 0 Å². The van der Waals surface area contributed by atoms with Crippen LogP contribution in [0.2, 0.25) is 0 Å². The topological polar surface area (TPSA) is 20.3 Å². The van der Waals surface area contributed by atoms with Gasteiger partial charge < -0.3 is 0 Å². The third kappa shape index (κ3) is 3.87. The van der Waals surface area contributed by atoms with Crippen LogP contribution < -0.4 is 0 Å². The van der Waals surface area contributed by atoms with Crippen molar-refractivity contribution in [2.24, 2.45) is 0 Å². The van der Waals surface area contributed by atoms with Gasteiger partial charge in [0.2, 0.25) is 0 Å². The number of hydrogen-bond acceptors (Lipinski definition) is 1. The molecule has 0 aromatic heterocycles. The zero-order chi connectivity index (χ0) is 8.85. The fourth-order valence-electron chi connectivity index (χ4n) is 1.19. The second kappa shape index (κ2) is 5.72. The summed E-state index contributed by atoms with van der Waals surface area (Å²) in [6.45, 7) is 4.30. The number of hydrogen-bond donors (Lipinski definition) is 0. The summed E-state index contributed by atoms with van der Waals surface area (Å²) in [7, 11) is 1.12. The smallest absolute Gasteiger partial charge is 0.0910 e. The van der Waals surface area contributed by atoms with Gasteiger partial charge in [-0.15, -0.1) is 0 Å². The SMILES string of the molecule is CCCC(CC)N(C)S(C)=O. The quantitative estimate of drug-likeness (QED) is 0.627. The first-order valence-corrected chi connectivity index (χ1v) is 5.71. The van der Waals surface area contributed by atoms with Gasteiger partial charge >= 0.3 is 0 Å². The molecule has 0 radical (unpaired) electrons. The van der Waals surface area contributed by atoms with Gasteiger partial charge in [-0.05, 0) is 12.8 Å². The summed E-state index contributed by atoms with van der Waals surface area (Å²) in [5.41, 5.74) is 0. The van der Waals surface area contributed by atoms with Gasteiger partial charge in [0.25, 0.3) is 0 Å². The third-order valence-corrected chi connectivity index (χ3v) is 3.12. The normalized spacial score (nSPS) is 16.8. The summed E-state index contributed by atoms with van der Waals surface area (Å²) >= 11 is 0. The predicted molar refractivity (Wildman–Crippen MR) is 50.8 cm³/mol. The highest BCUT2D eigenvalue weighted by molar-refractivity contribution is 7.81. The van der Waals surface area contributed by atoms with E-state index < -0.39 is 11.0 Å². The van der Waals surface area contributed by atoms with Crippen molar-refractivity contribution in [1.82, 2.24) is 4.31 Å². The van der Waals surface area contributed by atoms with Gasteiger partial charge in [0.1, 0.15) is 0 Å². The van der Waals surface area contributed by atoms with Gasteiger partial charge in [0, 0.05) is 19.3 Å². The lowest BCUT2D eigenvalue weighted by Gasteiger charge is -2.23. The molecule has 0 aliphatic heterocycles. The molecule has 0 amide bonds. The maximum Gasteiger partial charge on any atom is 0.0910 e. The van der Waals surface area contributed by atoms with Crippen LogP contribution in [0.5, 0.6) is 0 Å². The van der Waals surface area contributed by atoms with Crippen molar-refractivity contribution in [2.45, 2.75) is 39.2 Å². The molecule has 0 aliphatic rings.